The zero-order chi connectivity index (χ0) is 25.3. The Bertz CT molecular complexity index is 1160. The highest BCUT2D eigenvalue weighted by molar-refractivity contribution is 7.18. The molecule has 2 N–H and O–H groups in total. The first kappa shape index (κ1) is 26.1. The maximum absolute atomic E-state index is 3.94. The van der Waals surface area contributed by atoms with Crippen LogP contribution < -0.4 is 10.6 Å². The van der Waals surface area contributed by atoms with Crippen molar-refractivity contribution >= 4 is 18.5 Å². The Balaban J connectivity index is 1.91. The van der Waals surface area contributed by atoms with Crippen molar-refractivity contribution in [3.8, 4) is 22.3 Å². The monoisotopic (exact) mass is 516 g/mol. The van der Waals surface area contributed by atoms with Crippen molar-refractivity contribution in [3.05, 3.63) is 83.4 Å². The van der Waals surface area contributed by atoms with Crippen LogP contribution in [0.5, 0.6) is 0 Å². The maximum Gasteiger partial charge on any atom is 0.0408 e. The van der Waals surface area contributed by atoms with Gasteiger partial charge in [0.15, 0.2) is 0 Å². The summed E-state index contributed by atoms with van der Waals surface area (Å²) in [6.45, 7) is 9.46. The molecule has 0 spiro atoms. The Kier molecular flexibility index (Phi) is 7.72. The van der Waals surface area contributed by atoms with E-state index in [0.29, 0.717) is 12.1 Å². The second kappa shape index (κ2) is 10.7. The summed E-state index contributed by atoms with van der Waals surface area (Å²) in [6.07, 6.45) is 5.90. The van der Waals surface area contributed by atoms with Crippen molar-refractivity contribution in [3.63, 3.8) is 0 Å². The summed E-state index contributed by atoms with van der Waals surface area (Å²) in [5.74, 6) is 0. The lowest BCUT2D eigenvalue weighted by Crippen LogP contribution is -2.53. The van der Waals surface area contributed by atoms with Crippen LogP contribution in [-0.4, -0.2) is 25.2 Å². The number of nitrogens with one attached hydrogen (secondary N) is 2. The van der Waals surface area contributed by atoms with E-state index in [2.05, 4.69) is 117 Å². The third-order valence-electron chi connectivity index (χ3n) is 8.23. The van der Waals surface area contributed by atoms with Crippen molar-refractivity contribution in [1.82, 2.24) is 10.6 Å². The van der Waals surface area contributed by atoms with Crippen LogP contribution >= 0.6 is 18.5 Å². The molecule has 0 aliphatic carbocycles. The van der Waals surface area contributed by atoms with E-state index in [-0.39, 0.29) is 10.6 Å². The Morgan fingerprint density at radius 2 is 1.31 bits per heavy atom. The standard InChI is InChI=1S/C32H42N2P2/c1-31(2,3)30-28(23-14-8-5-9-15-23)25(22-12-6-4-7-13-22)20-24(21-35)29(30)32(36,26-16-10-18-33-26)27-17-11-19-34-27/h4-9,12-15,20,26-27,33-34H,10-11,16-19,21,35-36H2,1-3H3. The molecule has 0 saturated carbocycles. The molecule has 3 aromatic carbocycles. The Morgan fingerprint density at radius 3 is 1.75 bits per heavy atom. The summed E-state index contributed by atoms with van der Waals surface area (Å²) >= 11 is 0. The molecule has 4 unspecified atom stereocenters. The van der Waals surface area contributed by atoms with Gasteiger partial charge in [-0.25, -0.2) is 0 Å². The van der Waals surface area contributed by atoms with Crippen LogP contribution in [0.15, 0.2) is 66.7 Å². The summed E-state index contributed by atoms with van der Waals surface area (Å²) in [5, 5.41) is 7.81. The predicted molar refractivity (Wildman–Crippen MR) is 163 cm³/mol. The summed E-state index contributed by atoms with van der Waals surface area (Å²) in [6, 6.07) is 25.5. The van der Waals surface area contributed by atoms with Crippen LogP contribution in [0.25, 0.3) is 22.3 Å². The van der Waals surface area contributed by atoms with E-state index in [1.807, 2.05) is 0 Å². The Hall–Kier alpha value is -1.56. The fraction of sp³-hybridized carbons (Fsp3) is 0.438. The van der Waals surface area contributed by atoms with Gasteiger partial charge in [0.25, 0.3) is 0 Å². The van der Waals surface area contributed by atoms with Crippen LogP contribution in [0.1, 0.15) is 63.1 Å². The van der Waals surface area contributed by atoms with Crippen LogP contribution in [0.3, 0.4) is 0 Å². The minimum atomic E-state index is -0.0692. The van der Waals surface area contributed by atoms with Crippen LogP contribution in [-0.2, 0) is 16.7 Å². The average molecular weight is 517 g/mol. The van der Waals surface area contributed by atoms with Crippen molar-refractivity contribution in [2.75, 3.05) is 13.1 Å². The first-order valence-corrected chi connectivity index (χ1v) is 15.0. The number of hydrogen-bond donors (Lipinski definition) is 2. The van der Waals surface area contributed by atoms with E-state index in [9.17, 15) is 0 Å². The molecule has 2 heterocycles. The number of rotatable bonds is 6. The van der Waals surface area contributed by atoms with Crippen LogP contribution in [0, 0.1) is 0 Å². The quantitative estimate of drug-likeness (QED) is 0.337. The fourth-order valence-corrected chi connectivity index (χ4v) is 7.89. The lowest BCUT2D eigenvalue weighted by molar-refractivity contribution is 0.346. The maximum atomic E-state index is 3.94. The summed E-state index contributed by atoms with van der Waals surface area (Å²) < 4.78 is 0. The van der Waals surface area contributed by atoms with Crippen LogP contribution in [0.4, 0.5) is 0 Å². The highest BCUT2D eigenvalue weighted by Gasteiger charge is 2.49. The van der Waals surface area contributed by atoms with E-state index in [4.69, 9.17) is 0 Å². The summed E-state index contributed by atoms with van der Waals surface area (Å²) in [5.41, 5.74) is 9.83. The smallest absolute Gasteiger partial charge is 0.0408 e. The van der Waals surface area contributed by atoms with Gasteiger partial charge in [-0.15, -0.1) is 18.5 Å². The van der Waals surface area contributed by atoms with E-state index >= 15 is 0 Å². The molecule has 2 aliphatic rings. The van der Waals surface area contributed by atoms with E-state index in [0.717, 1.165) is 19.3 Å². The molecular formula is C32H42N2P2. The first-order chi connectivity index (χ1) is 17.4. The van der Waals surface area contributed by atoms with Gasteiger partial charge in [-0.2, -0.15) is 0 Å². The molecule has 2 saturated heterocycles. The molecule has 36 heavy (non-hydrogen) atoms. The second-order valence-corrected chi connectivity index (χ2v) is 13.0. The zero-order valence-corrected chi connectivity index (χ0v) is 24.4. The number of benzene rings is 3. The van der Waals surface area contributed by atoms with E-state index < -0.39 is 0 Å². The zero-order valence-electron chi connectivity index (χ0n) is 22.1. The molecule has 3 aromatic rings. The SMILES string of the molecule is CC(C)(C)c1c(-c2ccccc2)c(-c2ccccc2)cc(CP)c1C(P)(C1CCCN1)C1CCCN1. The molecule has 0 bridgehead atoms. The summed E-state index contributed by atoms with van der Waals surface area (Å²) in [4.78, 5) is 0. The topological polar surface area (TPSA) is 24.1 Å². The third-order valence-corrected chi connectivity index (χ3v) is 9.77. The lowest BCUT2D eigenvalue weighted by atomic mass is 9.68. The van der Waals surface area contributed by atoms with E-state index in [1.165, 1.54) is 59.1 Å². The molecule has 4 heteroatoms. The average Bonchev–Trinajstić information content (AvgIpc) is 3.63. The Labute approximate surface area is 222 Å². The number of hydrogen-bond acceptors (Lipinski definition) is 2. The van der Waals surface area contributed by atoms with Gasteiger partial charge in [-0.3, -0.25) is 0 Å². The lowest BCUT2D eigenvalue weighted by Gasteiger charge is -2.46. The normalized spacial score (nSPS) is 22.0. The molecule has 0 aromatic heterocycles. The molecule has 4 atom stereocenters. The molecular weight excluding hydrogens is 474 g/mol. The summed E-state index contributed by atoms with van der Waals surface area (Å²) in [7, 11) is 6.51. The minimum absolute atomic E-state index is 0.0289. The highest BCUT2D eigenvalue weighted by atomic mass is 31.0. The van der Waals surface area contributed by atoms with Crippen molar-refractivity contribution in [2.24, 2.45) is 0 Å². The predicted octanol–water partition coefficient (Wildman–Crippen LogP) is 7.27. The molecule has 2 fully saturated rings. The van der Waals surface area contributed by atoms with E-state index in [1.54, 1.807) is 5.56 Å². The van der Waals surface area contributed by atoms with Gasteiger partial charge in [0, 0.05) is 17.2 Å². The van der Waals surface area contributed by atoms with Gasteiger partial charge in [0.1, 0.15) is 0 Å². The van der Waals surface area contributed by atoms with Gasteiger partial charge in [0.2, 0.25) is 0 Å². The fourth-order valence-electron chi connectivity index (χ4n) is 6.67. The van der Waals surface area contributed by atoms with Gasteiger partial charge in [0.05, 0.1) is 0 Å². The van der Waals surface area contributed by atoms with Gasteiger partial charge in [-0.1, -0.05) is 81.4 Å². The first-order valence-electron chi connectivity index (χ1n) is 13.6. The van der Waals surface area contributed by atoms with Crippen molar-refractivity contribution in [2.45, 2.75) is 75.3 Å². The molecule has 0 radical (unpaired) electrons. The Morgan fingerprint density at radius 1 is 0.778 bits per heavy atom. The second-order valence-electron chi connectivity index (χ2n) is 11.6. The minimum Gasteiger partial charge on any atom is -0.313 e. The molecule has 2 nitrogen and oxygen atoms in total. The highest BCUT2D eigenvalue weighted by Crippen LogP contribution is 2.53. The molecule has 190 valence electrons. The molecule has 2 aliphatic heterocycles. The molecule has 5 rings (SSSR count). The van der Waals surface area contributed by atoms with Crippen molar-refractivity contribution in [1.29, 1.82) is 0 Å². The molecule has 0 amide bonds. The van der Waals surface area contributed by atoms with Crippen molar-refractivity contribution < 1.29 is 0 Å². The largest absolute Gasteiger partial charge is 0.313 e. The van der Waals surface area contributed by atoms with Crippen LogP contribution in [0.2, 0.25) is 0 Å². The third kappa shape index (κ3) is 4.72. The van der Waals surface area contributed by atoms with Gasteiger partial charge >= 0.3 is 0 Å². The van der Waals surface area contributed by atoms with Gasteiger partial charge in [-0.05, 0) is 95.4 Å². The van der Waals surface area contributed by atoms with Gasteiger partial charge < -0.3 is 10.6 Å².